The molecule has 6 heteroatoms. The molecule has 1 aromatic rings. The van der Waals surface area contributed by atoms with Crippen molar-refractivity contribution in [3.8, 4) is 11.5 Å². The molecule has 0 unspecified atom stereocenters. The van der Waals surface area contributed by atoms with Crippen LogP contribution < -0.4 is 20.3 Å². The summed E-state index contributed by atoms with van der Waals surface area (Å²) in [4.78, 5) is 23.8. The number of nitrogens with one attached hydrogen (secondary N) is 2. The number of hydrogen-bond acceptors (Lipinski definition) is 4. The second kappa shape index (κ2) is 9.15. The summed E-state index contributed by atoms with van der Waals surface area (Å²) in [6, 6.07) is 7.06. The van der Waals surface area contributed by atoms with E-state index in [0.717, 1.165) is 18.6 Å². The van der Waals surface area contributed by atoms with Gasteiger partial charge in [0.1, 0.15) is 11.5 Å². The van der Waals surface area contributed by atoms with Gasteiger partial charge in [-0.15, -0.1) is 0 Å². The number of hydrazine groups is 1. The first-order chi connectivity index (χ1) is 11.6. The average Bonchev–Trinajstić information content (AvgIpc) is 3.07. The Kier molecular flexibility index (Phi) is 6.90. The van der Waals surface area contributed by atoms with Crippen LogP contribution >= 0.6 is 0 Å². The minimum Gasteiger partial charge on any atom is -0.494 e. The van der Waals surface area contributed by atoms with Gasteiger partial charge in [-0.05, 0) is 56.9 Å². The van der Waals surface area contributed by atoms with E-state index < -0.39 is 6.10 Å². The maximum Gasteiger partial charge on any atom is 0.279 e. The molecule has 1 aliphatic rings. The molecule has 1 aliphatic carbocycles. The number of ether oxygens (including phenoxy) is 2. The van der Waals surface area contributed by atoms with Crippen LogP contribution in [-0.2, 0) is 9.59 Å². The monoisotopic (exact) mass is 334 g/mol. The largest absolute Gasteiger partial charge is 0.494 e. The van der Waals surface area contributed by atoms with Gasteiger partial charge in [0.25, 0.3) is 5.91 Å². The van der Waals surface area contributed by atoms with Gasteiger partial charge in [-0.2, -0.15) is 0 Å². The van der Waals surface area contributed by atoms with Crippen LogP contribution in [0, 0.1) is 5.92 Å². The SMILES string of the molecule is CCOc1ccc(O[C@H](C)C(=O)NNC(=O)CC2CCCC2)cc1. The second-order valence-corrected chi connectivity index (χ2v) is 6.06. The van der Waals surface area contributed by atoms with Crippen molar-refractivity contribution in [2.75, 3.05) is 6.61 Å². The fourth-order valence-electron chi connectivity index (χ4n) is 2.80. The van der Waals surface area contributed by atoms with Crippen LogP contribution in [0.1, 0.15) is 46.0 Å². The number of hydrogen-bond donors (Lipinski definition) is 2. The Labute approximate surface area is 142 Å². The Morgan fingerprint density at radius 2 is 1.75 bits per heavy atom. The van der Waals surface area contributed by atoms with E-state index in [1.807, 2.05) is 6.92 Å². The van der Waals surface area contributed by atoms with Gasteiger partial charge >= 0.3 is 0 Å². The van der Waals surface area contributed by atoms with E-state index in [1.165, 1.54) is 12.8 Å². The zero-order valence-corrected chi connectivity index (χ0v) is 14.3. The first-order valence-corrected chi connectivity index (χ1v) is 8.56. The van der Waals surface area contributed by atoms with Crippen molar-refractivity contribution < 1.29 is 19.1 Å². The molecule has 0 spiro atoms. The van der Waals surface area contributed by atoms with Crippen LogP contribution in [0.5, 0.6) is 11.5 Å². The molecule has 1 aromatic carbocycles. The fourth-order valence-corrected chi connectivity index (χ4v) is 2.80. The molecule has 2 amide bonds. The summed E-state index contributed by atoms with van der Waals surface area (Å²) in [5.74, 6) is 1.23. The maximum absolute atomic E-state index is 12.0. The van der Waals surface area contributed by atoms with E-state index in [-0.39, 0.29) is 11.8 Å². The maximum atomic E-state index is 12.0. The van der Waals surface area contributed by atoms with Gasteiger partial charge in [-0.25, -0.2) is 0 Å². The molecular weight excluding hydrogens is 308 g/mol. The van der Waals surface area contributed by atoms with Gasteiger partial charge < -0.3 is 9.47 Å². The first kappa shape index (κ1) is 18.1. The molecule has 0 bridgehead atoms. The number of amides is 2. The number of benzene rings is 1. The van der Waals surface area contributed by atoms with Crippen molar-refractivity contribution in [2.45, 2.75) is 52.1 Å². The summed E-state index contributed by atoms with van der Waals surface area (Å²) in [6.07, 6.45) is 4.33. The predicted octanol–water partition coefficient (Wildman–Crippen LogP) is 2.58. The standard InChI is InChI=1S/C18H26N2O4/c1-3-23-15-8-10-16(11-9-15)24-13(2)18(22)20-19-17(21)12-14-6-4-5-7-14/h8-11,13-14H,3-7,12H2,1-2H3,(H,19,21)(H,20,22)/t13-/m1/s1. The molecule has 2 N–H and O–H groups in total. The average molecular weight is 334 g/mol. The van der Waals surface area contributed by atoms with Gasteiger partial charge in [0.05, 0.1) is 6.61 Å². The molecule has 1 atom stereocenters. The van der Waals surface area contributed by atoms with Crippen molar-refractivity contribution in [3.05, 3.63) is 24.3 Å². The van der Waals surface area contributed by atoms with Crippen molar-refractivity contribution in [2.24, 2.45) is 5.92 Å². The molecule has 0 aromatic heterocycles. The Bertz CT molecular complexity index is 538. The smallest absolute Gasteiger partial charge is 0.279 e. The van der Waals surface area contributed by atoms with Crippen LogP contribution in [0.15, 0.2) is 24.3 Å². The molecule has 2 rings (SSSR count). The predicted molar refractivity (Wildman–Crippen MR) is 90.6 cm³/mol. The molecule has 0 aliphatic heterocycles. The lowest BCUT2D eigenvalue weighted by Crippen LogP contribution is -2.47. The number of carbonyl (C=O) groups is 2. The Morgan fingerprint density at radius 3 is 2.38 bits per heavy atom. The fraction of sp³-hybridized carbons (Fsp3) is 0.556. The number of carbonyl (C=O) groups excluding carboxylic acids is 2. The summed E-state index contributed by atoms with van der Waals surface area (Å²) >= 11 is 0. The molecule has 132 valence electrons. The van der Waals surface area contributed by atoms with E-state index in [4.69, 9.17) is 9.47 Å². The highest BCUT2D eigenvalue weighted by Crippen LogP contribution is 2.27. The summed E-state index contributed by atoms with van der Waals surface area (Å²) in [6.45, 7) is 4.15. The molecule has 6 nitrogen and oxygen atoms in total. The molecule has 0 heterocycles. The third kappa shape index (κ3) is 5.76. The van der Waals surface area contributed by atoms with Crippen LogP contribution in [0.3, 0.4) is 0 Å². The van der Waals surface area contributed by atoms with Gasteiger partial charge in [0, 0.05) is 6.42 Å². The van der Waals surface area contributed by atoms with E-state index >= 15 is 0 Å². The minimum atomic E-state index is -0.713. The quantitative estimate of drug-likeness (QED) is 0.752. The summed E-state index contributed by atoms with van der Waals surface area (Å²) in [5.41, 5.74) is 4.88. The number of rotatable bonds is 7. The topological polar surface area (TPSA) is 76.7 Å². The van der Waals surface area contributed by atoms with Crippen molar-refractivity contribution >= 4 is 11.8 Å². The van der Waals surface area contributed by atoms with Crippen molar-refractivity contribution in [3.63, 3.8) is 0 Å². The Morgan fingerprint density at radius 1 is 1.12 bits per heavy atom. The molecule has 0 saturated heterocycles. The first-order valence-electron chi connectivity index (χ1n) is 8.56. The van der Waals surface area contributed by atoms with Crippen molar-refractivity contribution in [1.82, 2.24) is 10.9 Å². The lowest BCUT2D eigenvalue weighted by atomic mass is 10.0. The van der Waals surface area contributed by atoms with Crippen LogP contribution in [0.25, 0.3) is 0 Å². The highest BCUT2D eigenvalue weighted by Gasteiger charge is 2.20. The van der Waals surface area contributed by atoms with Crippen molar-refractivity contribution in [1.29, 1.82) is 0 Å². The summed E-state index contributed by atoms with van der Waals surface area (Å²) in [7, 11) is 0. The molecule has 24 heavy (non-hydrogen) atoms. The summed E-state index contributed by atoms with van der Waals surface area (Å²) < 4.78 is 10.9. The molecule has 1 fully saturated rings. The third-order valence-electron chi connectivity index (χ3n) is 4.09. The summed E-state index contributed by atoms with van der Waals surface area (Å²) in [5, 5.41) is 0. The normalized spacial score (nSPS) is 15.6. The lowest BCUT2D eigenvalue weighted by molar-refractivity contribution is -0.133. The van der Waals surface area contributed by atoms with E-state index in [2.05, 4.69) is 10.9 Å². The Balaban J connectivity index is 1.71. The van der Waals surface area contributed by atoms with Crippen LogP contribution in [0.2, 0.25) is 0 Å². The molecular formula is C18H26N2O4. The van der Waals surface area contributed by atoms with Gasteiger partial charge in [-0.1, -0.05) is 12.8 Å². The Hall–Kier alpha value is -2.24. The third-order valence-corrected chi connectivity index (χ3v) is 4.09. The van der Waals surface area contributed by atoms with Gasteiger partial charge in [0.15, 0.2) is 6.10 Å². The van der Waals surface area contributed by atoms with E-state index in [9.17, 15) is 9.59 Å². The highest BCUT2D eigenvalue weighted by molar-refractivity contribution is 5.84. The molecule has 0 radical (unpaired) electrons. The second-order valence-electron chi connectivity index (χ2n) is 6.06. The van der Waals surface area contributed by atoms with Crippen LogP contribution in [0.4, 0.5) is 0 Å². The van der Waals surface area contributed by atoms with Gasteiger partial charge in [0.2, 0.25) is 5.91 Å². The van der Waals surface area contributed by atoms with Crippen LogP contribution in [-0.4, -0.2) is 24.5 Å². The zero-order chi connectivity index (χ0) is 17.4. The van der Waals surface area contributed by atoms with Gasteiger partial charge in [-0.3, -0.25) is 20.4 Å². The molecule has 1 saturated carbocycles. The van der Waals surface area contributed by atoms with E-state index in [0.29, 0.717) is 24.7 Å². The highest BCUT2D eigenvalue weighted by atomic mass is 16.5. The minimum absolute atomic E-state index is 0.150. The zero-order valence-electron chi connectivity index (χ0n) is 14.3. The van der Waals surface area contributed by atoms with E-state index in [1.54, 1.807) is 31.2 Å². The lowest BCUT2D eigenvalue weighted by Gasteiger charge is -2.16.